The number of hydrogen-bond donors (Lipinski definition) is 2. The van der Waals surface area contributed by atoms with E-state index in [0.717, 1.165) is 18.2 Å². The molecule has 1 aromatic carbocycles. The third-order valence-corrected chi connectivity index (χ3v) is 2.69. The summed E-state index contributed by atoms with van der Waals surface area (Å²) in [5.41, 5.74) is -1.72. The van der Waals surface area contributed by atoms with Gasteiger partial charge in [0.25, 0.3) is 5.56 Å². The number of aromatic nitrogens is 2. The fraction of sp³-hybridized carbons (Fsp3) is 0.167. The van der Waals surface area contributed by atoms with Crippen molar-refractivity contribution in [3.8, 4) is 11.6 Å². The van der Waals surface area contributed by atoms with Crippen LogP contribution in [0.5, 0.6) is 5.88 Å². The van der Waals surface area contributed by atoms with Crippen LogP contribution in [0.25, 0.3) is 5.69 Å². The third kappa shape index (κ3) is 2.14. The van der Waals surface area contributed by atoms with Gasteiger partial charge in [-0.25, -0.2) is 18.1 Å². The first kappa shape index (κ1) is 13.0. The van der Waals surface area contributed by atoms with Gasteiger partial charge in [-0.05, 0) is 18.6 Å². The molecule has 0 aliphatic carbocycles. The highest BCUT2D eigenvalue weighted by molar-refractivity contribution is 5.38. The fourth-order valence-corrected chi connectivity index (χ4v) is 1.74. The van der Waals surface area contributed by atoms with Gasteiger partial charge in [0.1, 0.15) is 0 Å². The molecule has 0 saturated heterocycles. The SMILES string of the molecule is CCc1c(O)n(-c2ccc(F)c(F)c2)c(=O)[nH]c1=O. The maximum absolute atomic E-state index is 13.1. The number of aromatic amines is 1. The quantitative estimate of drug-likeness (QED) is 0.855. The normalized spacial score (nSPS) is 10.7. The summed E-state index contributed by atoms with van der Waals surface area (Å²) in [6.45, 7) is 1.62. The summed E-state index contributed by atoms with van der Waals surface area (Å²) in [6.07, 6.45) is 0.186. The predicted molar refractivity (Wildman–Crippen MR) is 63.6 cm³/mol. The van der Waals surface area contributed by atoms with Crippen molar-refractivity contribution in [1.82, 2.24) is 9.55 Å². The van der Waals surface area contributed by atoms with Gasteiger partial charge >= 0.3 is 5.69 Å². The van der Waals surface area contributed by atoms with E-state index in [1.54, 1.807) is 6.92 Å². The van der Waals surface area contributed by atoms with Gasteiger partial charge in [0.15, 0.2) is 11.6 Å². The van der Waals surface area contributed by atoms with Crippen LogP contribution >= 0.6 is 0 Å². The van der Waals surface area contributed by atoms with Crippen LogP contribution < -0.4 is 11.2 Å². The van der Waals surface area contributed by atoms with Crippen LogP contribution in [0.15, 0.2) is 27.8 Å². The molecule has 0 aliphatic rings. The Hall–Kier alpha value is -2.44. The van der Waals surface area contributed by atoms with Crippen molar-refractivity contribution in [2.75, 3.05) is 0 Å². The zero-order chi connectivity index (χ0) is 14.2. The Bertz CT molecular complexity index is 750. The first-order chi connectivity index (χ1) is 8.95. The molecule has 0 aliphatic heterocycles. The van der Waals surface area contributed by atoms with Gasteiger partial charge in [-0.15, -0.1) is 0 Å². The number of hydrogen-bond acceptors (Lipinski definition) is 3. The summed E-state index contributed by atoms with van der Waals surface area (Å²) in [7, 11) is 0. The molecule has 0 unspecified atom stereocenters. The fourth-order valence-electron chi connectivity index (χ4n) is 1.74. The van der Waals surface area contributed by atoms with Crippen LogP contribution in [0.2, 0.25) is 0 Å². The van der Waals surface area contributed by atoms with Crippen molar-refractivity contribution in [1.29, 1.82) is 0 Å². The zero-order valence-corrected chi connectivity index (χ0v) is 9.91. The second-order valence-electron chi connectivity index (χ2n) is 3.85. The molecule has 0 amide bonds. The minimum absolute atomic E-state index is 0.00988. The maximum atomic E-state index is 13.1. The summed E-state index contributed by atoms with van der Waals surface area (Å²) >= 11 is 0. The van der Waals surface area contributed by atoms with Gasteiger partial charge in [-0.3, -0.25) is 9.78 Å². The maximum Gasteiger partial charge on any atom is 0.335 e. The van der Waals surface area contributed by atoms with Crippen molar-refractivity contribution in [3.63, 3.8) is 0 Å². The number of aromatic hydroxyl groups is 1. The van der Waals surface area contributed by atoms with Crippen molar-refractivity contribution >= 4 is 0 Å². The lowest BCUT2D eigenvalue weighted by Gasteiger charge is -2.10. The molecule has 0 saturated carbocycles. The van der Waals surface area contributed by atoms with E-state index in [4.69, 9.17) is 0 Å². The number of nitrogens with zero attached hydrogens (tertiary/aromatic N) is 1. The Kier molecular flexibility index (Phi) is 3.20. The van der Waals surface area contributed by atoms with E-state index in [1.807, 2.05) is 4.98 Å². The largest absolute Gasteiger partial charge is 0.494 e. The van der Waals surface area contributed by atoms with Gasteiger partial charge < -0.3 is 5.11 Å². The van der Waals surface area contributed by atoms with E-state index < -0.39 is 28.8 Å². The Balaban J connectivity index is 2.78. The van der Waals surface area contributed by atoms with Crippen molar-refractivity contribution < 1.29 is 13.9 Å². The monoisotopic (exact) mass is 268 g/mol. The van der Waals surface area contributed by atoms with Gasteiger partial charge in [-0.1, -0.05) is 6.92 Å². The van der Waals surface area contributed by atoms with Gasteiger partial charge in [0, 0.05) is 6.07 Å². The Morgan fingerprint density at radius 2 is 1.95 bits per heavy atom. The molecule has 2 rings (SSSR count). The highest BCUT2D eigenvalue weighted by Gasteiger charge is 2.15. The standard InChI is InChI=1S/C12H10F2N2O3/c1-2-7-10(17)15-12(19)16(11(7)18)6-3-4-8(13)9(14)5-6/h3-5,18H,2H2,1H3,(H,15,17,19). The molecule has 0 radical (unpaired) electrons. The molecule has 1 heterocycles. The number of benzene rings is 1. The number of nitrogens with one attached hydrogen (secondary N) is 1. The smallest absolute Gasteiger partial charge is 0.335 e. The van der Waals surface area contributed by atoms with Gasteiger partial charge in [-0.2, -0.15) is 0 Å². The predicted octanol–water partition coefficient (Wildman–Crippen LogP) is 1.07. The van der Waals surface area contributed by atoms with Gasteiger partial charge in [0.05, 0.1) is 11.3 Å². The summed E-state index contributed by atoms with van der Waals surface area (Å²) in [6, 6.07) is 2.71. The van der Waals surface area contributed by atoms with Crippen molar-refractivity contribution in [3.05, 3.63) is 56.2 Å². The van der Waals surface area contributed by atoms with E-state index in [1.165, 1.54) is 0 Å². The van der Waals surface area contributed by atoms with Crippen LogP contribution in [0.3, 0.4) is 0 Å². The molecule has 2 N–H and O–H groups in total. The lowest BCUT2D eigenvalue weighted by Crippen LogP contribution is -2.31. The second-order valence-corrected chi connectivity index (χ2v) is 3.85. The Morgan fingerprint density at radius 3 is 2.53 bits per heavy atom. The molecular weight excluding hydrogens is 258 g/mol. The van der Waals surface area contributed by atoms with Crippen molar-refractivity contribution in [2.45, 2.75) is 13.3 Å². The molecule has 100 valence electrons. The average molecular weight is 268 g/mol. The van der Waals surface area contributed by atoms with E-state index >= 15 is 0 Å². The molecular formula is C12H10F2N2O3. The summed E-state index contributed by atoms with van der Waals surface area (Å²) in [5, 5.41) is 9.89. The second kappa shape index (κ2) is 4.68. The van der Waals surface area contributed by atoms with Crippen LogP contribution in [-0.2, 0) is 6.42 Å². The van der Waals surface area contributed by atoms with E-state index in [0.29, 0.717) is 4.57 Å². The summed E-state index contributed by atoms with van der Waals surface area (Å²) < 4.78 is 26.7. The first-order valence-corrected chi connectivity index (χ1v) is 5.48. The van der Waals surface area contributed by atoms with Crippen molar-refractivity contribution in [2.24, 2.45) is 0 Å². The minimum atomic E-state index is -1.16. The lowest BCUT2D eigenvalue weighted by molar-refractivity contribution is 0.422. The highest BCUT2D eigenvalue weighted by atomic mass is 19.2. The number of halogens is 2. The molecule has 0 bridgehead atoms. The van der Waals surface area contributed by atoms with Gasteiger partial charge in [0.2, 0.25) is 5.88 Å². The molecule has 0 spiro atoms. The lowest BCUT2D eigenvalue weighted by atomic mass is 10.2. The summed E-state index contributed by atoms with van der Waals surface area (Å²) in [5.74, 6) is -2.81. The minimum Gasteiger partial charge on any atom is -0.494 e. The van der Waals surface area contributed by atoms with Crippen LogP contribution in [-0.4, -0.2) is 14.7 Å². The molecule has 0 atom stereocenters. The van der Waals surface area contributed by atoms with Crippen LogP contribution in [0.4, 0.5) is 8.78 Å². The number of rotatable bonds is 2. The Labute approximate surface area is 105 Å². The molecule has 7 heteroatoms. The van der Waals surface area contributed by atoms with E-state index in [2.05, 4.69) is 0 Å². The Morgan fingerprint density at radius 1 is 1.26 bits per heavy atom. The summed E-state index contributed by atoms with van der Waals surface area (Å²) in [4.78, 5) is 25.1. The van der Waals surface area contributed by atoms with E-state index in [9.17, 15) is 23.5 Å². The van der Waals surface area contributed by atoms with E-state index in [-0.39, 0.29) is 17.7 Å². The third-order valence-electron chi connectivity index (χ3n) is 2.69. The molecule has 5 nitrogen and oxygen atoms in total. The topological polar surface area (TPSA) is 75.1 Å². The molecule has 0 fully saturated rings. The first-order valence-electron chi connectivity index (χ1n) is 5.48. The van der Waals surface area contributed by atoms with Crippen LogP contribution in [0, 0.1) is 11.6 Å². The average Bonchev–Trinajstić information content (AvgIpc) is 2.33. The highest BCUT2D eigenvalue weighted by Crippen LogP contribution is 2.18. The number of H-pyrrole nitrogens is 1. The molecule has 1 aromatic heterocycles. The molecule has 19 heavy (non-hydrogen) atoms. The van der Waals surface area contributed by atoms with Crippen LogP contribution in [0.1, 0.15) is 12.5 Å². The molecule has 2 aromatic rings. The zero-order valence-electron chi connectivity index (χ0n) is 9.91.